The number of fused-ring (bicyclic) bond motifs is 1. The summed E-state index contributed by atoms with van der Waals surface area (Å²) < 4.78 is 12.1. The molecule has 1 amide bonds. The minimum atomic E-state index is -0.123. The van der Waals surface area contributed by atoms with Crippen LogP contribution < -0.4 is 5.32 Å². The molecule has 1 aliphatic carbocycles. The summed E-state index contributed by atoms with van der Waals surface area (Å²) in [6.45, 7) is 0.344. The maximum absolute atomic E-state index is 13.1. The molecule has 1 aromatic carbocycles. The van der Waals surface area contributed by atoms with Crippen LogP contribution in [0.4, 0.5) is 5.00 Å². The molecule has 3 aromatic heterocycles. The fourth-order valence-corrected chi connectivity index (χ4v) is 5.55. The number of nitrogens with one attached hydrogen (secondary N) is 1. The van der Waals surface area contributed by atoms with Crippen molar-refractivity contribution < 1.29 is 13.6 Å². The van der Waals surface area contributed by atoms with Crippen LogP contribution in [0.2, 0.25) is 5.02 Å². The van der Waals surface area contributed by atoms with Gasteiger partial charge < -0.3 is 14.2 Å². The lowest BCUT2D eigenvalue weighted by atomic mass is 9.95. The predicted octanol–water partition coefficient (Wildman–Crippen LogP) is 7.58. The highest BCUT2D eigenvalue weighted by Gasteiger charge is 2.25. The van der Waals surface area contributed by atoms with Crippen LogP contribution in [0.1, 0.15) is 45.2 Å². The molecule has 1 aliphatic rings. The molecule has 1 N–H and O–H groups in total. The van der Waals surface area contributed by atoms with Gasteiger partial charge in [-0.25, -0.2) is 4.99 Å². The number of hydrogen-bond donors (Lipinski definition) is 1. The largest absolute Gasteiger partial charge is 0.467 e. The van der Waals surface area contributed by atoms with E-state index in [1.807, 2.05) is 42.5 Å². The van der Waals surface area contributed by atoms with Gasteiger partial charge in [0.15, 0.2) is 0 Å². The van der Waals surface area contributed by atoms with Gasteiger partial charge >= 0.3 is 0 Å². The summed E-state index contributed by atoms with van der Waals surface area (Å²) in [5, 5.41) is 4.30. The molecule has 0 fully saturated rings. The number of halogens is 2. The minimum absolute atomic E-state index is 0.123. The Kier molecular flexibility index (Phi) is 6.53. The van der Waals surface area contributed by atoms with E-state index in [0.717, 1.165) is 41.3 Å². The Morgan fingerprint density at radius 2 is 2.09 bits per heavy atom. The summed E-state index contributed by atoms with van der Waals surface area (Å²) >= 11 is 11.2. The summed E-state index contributed by atoms with van der Waals surface area (Å²) in [5.41, 5.74) is 2.68. The van der Waals surface area contributed by atoms with Crippen LogP contribution in [0.5, 0.6) is 0 Å². The second-order valence-corrected chi connectivity index (χ2v) is 10.1. The predicted molar refractivity (Wildman–Crippen MR) is 135 cm³/mol. The van der Waals surface area contributed by atoms with Crippen molar-refractivity contribution in [3.63, 3.8) is 0 Å². The smallest absolute Gasteiger partial charge is 0.255 e. The Morgan fingerprint density at radius 1 is 1.21 bits per heavy atom. The van der Waals surface area contributed by atoms with Crippen molar-refractivity contribution in [3.05, 3.63) is 85.7 Å². The SMILES string of the molecule is O=C(NCc1ccco1)c1c(N=Cc2ccc(-c3ccc(Br)c(Cl)c3)o2)sc2c1CCCC2. The number of aliphatic imine (C=N–C) groups is 1. The van der Waals surface area contributed by atoms with Crippen LogP contribution in [0.3, 0.4) is 0 Å². The molecular formula is C25H20BrClN2O3S. The summed E-state index contributed by atoms with van der Waals surface area (Å²) in [4.78, 5) is 19.0. The van der Waals surface area contributed by atoms with E-state index in [9.17, 15) is 4.79 Å². The molecule has 0 saturated heterocycles. The van der Waals surface area contributed by atoms with E-state index in [1.165, 1.54) is 4.88 Å². The molecule has 4 aromatic rings. The third kappa shape index (κ3) is 4.86. The van der Waals surface area contributed by atoms with Crippen molar-refractivity contribution in [3.8, 4) is 11.3 Å². The van der Waals surface area contributed by atoms with Crippen LogP contribution in [0.25, 0.3) is 11.3 Å². The Hall–Kier alpha value is -2.61. The molecule has 0 saturated carbocycles. The molecule has 168 valence electrons. The number of hydrogen-bond acceptors (Lipinski definition) is 5. The lowest BCUT2D eigenvalue weighted by molar-refractivity contribution is 0.0948. The van der Waals surface area contributed by atoms with Gasteiger partial charge in [0.05, 0.1) is 29.6 Å². The van der Waals surface area contributed by atoms with Gasteiger partial charge in [0, 0.05) is 14.9 Å². The van der Waals surface area contributed by atoms with Crippen molar-refractivity contribution in [1.82, 2.24) is 5.32 Å². The fraction of sp³-hybridized carbons (Fsp3) is 0.200. The van der Waals surface area contributed by atoms with Crippen molar-refractivity contribution >= 4 is 56.0 Å². The topological polar surface area (TPSA) is 67.7 Å². The number of rotatable bonds is 6. The summed E-state index contributed by atoms with van der Waals surface area (Å²) in [5.74, 6) is 1.90. The number of aryl methyl sites for hydroxylation is 1. The third-order valence-electron chi connectivity index (χ3n) is 5.52. The number of thiophene rings is 1. The molecule has 5 nitrogen and oxygen atoms in total. The average molecular weight is 544 g/mol. The van der Waals surface area contributed by atoms with E-state index in [-0.39, 0.29) is 5.91 Å². The van der Waals surface area contributed by atoms with Gasteiger partial charge in [-0.05, 0) is 83.6 Å². The maximum atomic E-state index is 13.1. The zero-order valence-corrected chi connectivity index (χ0v) is 20.7. The van der Waals surface area contributed by atoms with Gasteiger partial charge in [-0.3, -0.25) is 4.79 Å². The van der Waals surface area contributed by atoms with Gasteiger partial charge in [0.1, 0.15) is 22.3 Å². The zero-order chi connectivity index (χ0) is 22.8. The lowest BCUT2D eigenvalue weighted by Crippen LogP contribution is -2.23. The van der Waals surface area contributed by atoms with Crippen LogP contribution in [-0.4, -0.2) is 12.1 Å². The highest BCUT2D eigenvalue weighted by Crippen LogP contribution is 2.40. The van der Waals surface area contributed by atoms with Gasteiger partial charge in [0.2, 0.25) is 0 Å². The molecule has 0 aliphatic heterocycles. The Morgan fingerprint density at radius 3 is 2.91 bits per heavy atom. The monoisotopic (exact) mass is 542 g/mol. The van der Waals surface area contributed by atoms with Crippen LogP contribution in [-0.2, 0) is 19.4 Å². The molecule has 0 radical (unpaired) electrons. The van der Waals surface area contributed by atoms with Gasteiger partial charge in [-0.2, -0.15) is 0 Å². The summed E-state index contributed by atoms with van der Waals surface area (Å²) in [6, 6.07) is 13.1. The summed E-state index contributed by atoms with van der Waals surface area (Å²) in [7, 11) is 0. The van der Waals surface area contributed by atoms with Crippen LogP contribution >= 0.6 is 38.9 Å². The standard InChI is InChI=1S/C25H20BrClN2O3S/c26-19-9-7-15(12-20(19)27)21-10-8-17(32-21)14-29-25-23(18-5-1-2-6-22(18)33-25)24(30)28-13-16-4-3-11-31-16/h3-4,7-12,14H,1-2,5-6,13H2,(H,28,30). The number of carbonyl (C=O) groups is 1. The second kappa shape index (κ2) is 9.71. The normalized spacial score (nSPS) is 13.4. The number of carbonyl (C=O) groups excluding carboxylic acids is 1. The van der Waals surface area contributed by atoms with Crippen LogP contribution in [0.15, 0.2) is 67.0 Å². The zero-order valence-electron chi connectivity index (χ0n) is 17.6. The minimum Gasteiger partial charge on any atom is -0.467 e. The molecule has 5 rings (SSSR count). The Bertz CT molecular complexity index is 1320. The quantitative estimate of drug-likeness (QED) is 0.255. The van der Waals surface area contributed by atoms with Gasteiger partial charge in [-0.15, -0.1) is 11.3 Å². The first kappa shape index (κ1) is 22.2. The van der Waals surface area contributed by atoms with Gasteiger partial charge in [0.25, 0.3) is 5.91 Å². The van der Waals surface area contributed by atoms with E-state index in [4.69, 9.17) is 20.4 Å². The average Bonchev–Trinajstić information content (AvgIpc) is 3.57. The van der Waals surface area contributed by atoms with Crippen molar-refractivity contribution in [1.29, 1.82) is 0 Å². The maximum Gasteiger partial charge on any atom is 0.255 e. The molecule has 0 spiro atoms. The molecule has 0 bridgehead atoms. The van der Waals surface area contributed by atoms with Gasteiger partial charge in [-0.1, -0.05) is 17.7 Å². The molecule has 8 heteroatoms. The van der Waals surface area contributed by atoms with Crippen molar-refractivity contribution in [2.75, 3.05) is 0 Å². The summed E-state index contributed by atoms with van der Waals surface area (Å²) in [6.07, 6.45) is 7.39. The van der Waals surface area contributed by atoms with Crippen molar-refractivity contribution in [2.45, 2.75) is 32.2 Å². The molecule has 33 heavy (non-hydrogen) atoms. The van der Waals surface area contributed by atoms with E-state index in [1.54, 1.807) is 23.8 Å². The lowest BCUT2D eigenvalue weighted by Gasteiger charge is -2.12. The van der Waals surface area contributed by atoms with E-state index >= 15 is 0 Å². The van der Waals surface area contributed by atoms with E-state index in [0.29, 0.717) is 39.4 Å². The Labute approximate surface area is 208 Å². The number of nitrogens with zero attached hydrogens (tertiary/aromatic N) is 1. The molecule has 3 heterocycles. The highest BCUT2D eigenvalue weighted by atomic mass is 79.9. The molecular weight excluding hydrogens is 524 g/mol. The number of benzene rings is 1. The first-order chi connectivity index (χ1) is 16.1. The first-order valence-corrected chi connectivity index (χ1v) is 12.6. The van der Waals surface area contributed by atoms with E-state index < -0.39 is 0 Å². The fourth-order valence-electron chi connectivity index (χ4n) is 3.89. The first-order valence-electron chi connectivity index (χ1n) is 10.6. The van der Waals surface area contributed by atoms with E-state index in [2.05, 4.69) is 26.2 Å². The van der Waals surface area contributed by atoms with Crippen LogP contribution in [0, 0.1) is 0 Å². The highest BCUT2D eigenvalue weighted by molar-refractivity contribution is 9.10. The number of amides is 1. The molecule has 0 atom stereocenters. The third-order valence-corrected chi connectivity index (χ3v) is 7.96. The Balaban J connectivity index is 1.40. The second-order valence-electron chi connectivity index (χ2n) is 7.74. The number of furan rings is 2. The molecule has 0 unspecified atom stereocenters. The van der Waals surface area contributed by atoms with Crippen molar-refractivity contribution in [2.24, 2.45) is 4.99 Å².